The van der Waals surface area contributed by atoms with Crippen molar-refractivity contribution in [2.24, 2.45) is 0 Å². The van der Waals surface area contributed by atoms with Crippen molar-refractivity contribution in [2.45, 2.75) is 18.6 Å². The fourth-order valence-electron chi connectivity index (χ4n) is 2.12. The first-order chi connectivity index (χ1) is 11.6. The molecule has 0 heterocycles. The van der Waals surface area contributed by atoms with Crippen LogP contribution in [0, 0.1) is 0 Å². The van der Waals surface area contributed by atoms with Gasteiger partial charge in [-0.25, -0.2) is 0 Å². The molecular formula is C19H20ClNO2S. The van der Waals surface area contributed by atoms with E-state index >= 15 is 0 Å². The summed E-state index contributed by atoms with van der Waals surface area (Å²) in [6, 6.07) is 16.8. The standard InChI is InChI=1S/C19H20ClNO2S/c20-17-8-6-15(7-9-17)14-24-13-12-21-19(23)11-10-18(22)16-4-2-1-3-5-16/h1-9H,10-14H2,(H,21,23). The Morgan fingerprint density at radius 3 is 2.38 bits per heavy atom. The maximum atomic E-state index is 11.9. The third-order valence-corrected chi connectivity index (χ3v) is 4.71. The molecule has 0 fully saturated rings. The lowest BCUT2D eigenvalue weighted by atomic mass is 10.1. The Bertz CT molecular complexity index is 659. The normalized spacial score (nSPS) is 10.4. The van der Waals surface area contributed by atoms with Gasteiger partial charge in [-0.2, -0.15) is 11.8 Å². The van der Waals surface area contributed by atoms with Gasteiger partial charge in [0.1, 0.15) is 0 Å². The van der Waals surface area contributed by atoms with Gasteiger partial charge in [0.05, 0.1) is 0 Å². The minimum absolute atomic E-state index is 0.00265. The summed E-state index contributed by atoms with van der Waals surface area (Å²) in [7, 11) is 0. The fourth-order valence-corrected chi connectivity index (χ4v) is 3.06. The first-order valence-corrected chi connectivity index (χ1v) is 9.35. The Labute approximate surface area is 151 Å². The van der Waals surface area contributed by atoms with Crippen molar-refractivity contribution in [2.75, 3.05) is 12.3 Å². The van der Waals surface area contributed by atoms with Crippen molar-refractivity contribution in [3.05, 3.63) is 70.7 Å². The Morgan fingerprint density at radius 2 is 1.67 bits per heavy atom. The average molecular weight is 362 g/mol. The zero-order chi connectivity index (χ0) is 17.2. The molecule has 0 aliphatic rings. The van der Waals surface area contributed by atoms with Gasteiger partial charge in [-0.1, -0.05) is 54.1 Å². The van der Waals surface area contributed by atoms with Gasteiger partial charge in [-0.05, 0) is 17.7 Å². The zero-order valence-electron chi connectivity index (χ0n) is 13.3. The number of halogens is 1. The smallest absolute Gasteiger partial charge is 0.220 e. The van der Waals surface area contributed by atoms with Gasteiger partial charge in [-0.3, -0.25) is 9.59 Å². The topological polar surface area (TPSA) is 46.2 Å². The van der Waals surface area contributed by atoms with E-state index in [9.17, 15) is 9.59 Å². The van der Waals surface area contributed by atoms with Crippen molar-refractivity contribution < 1.29 is 9.59 Å². The lowest BCUT2D eigenvalue weighted by molar-refractivity contribution is -0.120. The molecule has 0 aromatic heterocycles. The minimum atomic E-state index is -0.0774. The third kappa shape index (κ3) is 6.77. The number of thioether (sulfide) groups is 1. The highest BCUT2D eigenvalue weighted by Crippen LogP contribution is 2.15. The van der Waals surface area contributed by atoms with Crippen LogP contribution in [-0.4, -0.2) is 24.0 Å². The molecule has 2 aromatic carbocycles. The second-order valence-electron chi connectivity index (χ2n) is 5.32. The molecule has 0 bridgehead atoms. The zero-order valence-corrected chi connectivity index (χ0v) is 14.9. The van der Waals surface area contributed by atoms with E-state index in [0.29, 0.717) is 12.1 Å². The number of benzene rings is 2. The van der Waals surface area contributed by atoms with Crippen LogP contribution in [0.5, 0.6) is 0 Å². The number of amides is 1. The molecule has 0 aliphatic heterocycles. The summed E-state index contributed by atoms with van der Waals surface area (Å²) in [5.41, 5.74) is 1.87. The molecule has 0 spiro atoms. The lowest BCUT2D eigenvalue weighted by Crippen LogP contribution is -2.26. The van der Waals surface area contributed by atoms with E-state index in [1.807, 2.05) is 42.5 Å². The van der Waals surface area contributed by atoms with Crippen LogP contribution in [0.4, 0.5) is 0 Å². The van der Waals surface area contributed by atoms with Crippen LogP contribution in [-0.2, 0) is 10.5 Å². The lowest BCUT2D eigenvalue weighted by Gasteiger charge is -2.05. The summed E-state index contributed by atoms with van der Waals surface area (Å²) in [5, 5.41) is 3.59. The van der Waals surface area contributed by atoms with E-state index < -0.39 is 0 Å². The number of carbonyl (C=O) groups is 2. The van der Waals surface area contributed by atoms with Gasteiger partial charge in [0.2, 0.25) is 5.91 Å². The SMILES string of the molecule is O=C(CCC(=O)c1ccccc1)NCCSCc1ccc(Cl)cc1. The Hall–Kier alpha value is -1.78. The van der Waals surface area contributed by atoms with Crippen molar-refractivity contribution in [1.29, 1.82) is 0 Å². The van der Waals surface area contributed by atoms with Crippen LogP contribution in [0.3, 0.4) is 0 Å². The molecule has 24 heavy (non-hydrogen) atoms. The molecule has 0 saturated heterocycles. The van der Waals surface area contributed by atoms with Gasteiger partial charge < -0.3 is 5.32 Å². The summed E-state index contributed by atoms with van der Waals surface area (Å²) in [5.74, 6) is 1.65. The Kier molecular flexibility index (Phi) is 7.86. The number of hydrogen-bond donors (Lipinski definition) is 1. The van der Waals surface area contributed by atoms with Crippen LogP contribution in [0.1, 0.15) is 28.8 Å². The average Bonchev–Trinajstić information content (AvgIpc) is 2.61. The molecule has 0 aliphatic carbocycles. The predicted octanol–water partition coefficient (Wildman–Crippen LogP) is 4.35. The molecular weight excluding hydrogens is 342 g/mol. The monoisotopic (exact) mass is 361 g/mol. The maximum Gasteiger partial charge on any atom is 0.220 e. The molecule has 0 atom stereocenters. The van der Waals surface area contributed by atoms with E-state index in [-0.39, 0.29) is 24.5 Å². The second kappa shape index (κ2) is 10.2. The number of hydrogen-bond acceptors (Lipinski definition) is 3. The van der Waals surface area contributed by atoms with Crippen LogP contribution < -0.4 is 5.32 Å². The summed E-state index contributed by atoms with van der Waals surface area (Å²) in [4.78, 5) is 23.7. The quantitative estimate of drug-likeness (QED) is 0.533. The first kappa shape index (κ1) is 18.6. The van der Waals surface area contributed by atoms with Crippen LogP contribution in [0.2, 0.25) is 5.02 Å². The number of Topliss-reactive ketones (excluding diaryl/α,β-unsaturated/α-hetero) is 1. The predicted molar refractivity (Wildman–Crippen MR) is 101 cm³/mol. The van der Waals surface area contributed by atoms with Gasteiger partial charge in [0.25, 0.3) is 0 Å². The number of ketones is 1. The summed E-state index contributed by atoms with van der Waals surface area (Å²) in [6.45, 7) is 0.608. The Balaban J connectivity index is 1.56. The molecule has 1 amide bonds. The van der Waals surface area contributed by atoms with Gasteiger partial charge in [0.15, 0.2) is 5.78 Å². The highest BCUT2D eigenvalue weighted by Gasteiger charge is 2.08. The largest absolute Gasteiger partial charge is 0.355 e. The molecule has 0 radical (unpaired) electrons. The van der Waals surface area contributed by atoms with Gasteiger partial charge >= 0.3 is 0 Å². The van der Waals surface area contributed by atoms with E-state index in [2.05, 4.69) is 5.32 Å². The number of rotatable bonds is 9. The Morgan fingerprint density at radius 1 is 0.958 bits per heavy atom. The maximum absolute atomic E-state index is 11.9. The highest BCUT2D eigenvalue weighted by molar-refractivity contribution is 7.98. The molecule has 1 N–H and O–H groups in total. The summed E-state index contributed by atoms with van der Waals surface area (Å²) in [6.07, 6.45) is 0.476. The van der Waals surface area contributed by atoms with Crippen molar-refractivity contribution >= 4 is 35.1 Å². The molecule has 0 saturated carbocycles. The number of carbonyl (C=O) groups excluding carboxylic acids is 2. The molecule has 2 rings (SSSR count). The van der Waals surface area contributed by atoms with Gasteiger partial charge in [-0.15, -0.1) is 0 Å². The van der Waals surface area contributed by atoms with Crippen molar-refractivity contribution in [3.8, 4) is 0 Å². The van der Waals surface area contributed by atoms with Crippen molar-refractivity contribution in [1.82, 2.24) is 5.32 Å². The molecule has 5 heteroatoms. The van der Waals surface area contributed by atoms with E-state index in [4.69, 9.17) is 11.6 Å². The molecule has 0 unspecified atom stereocenters. The van der Waals surface area contributed by atoms with E-state index in [0.717, 1.165) is 16.5 Å². The van der Waals surface area contributed by atoms with E-state index in [1.54, 1.807) is 23.9 Å². The summed E-state index contributed by atoms with van der Waals surface area (Å²) < 4.78 is 0. The molecule has 3 nitrogen and oxygen atoms in total. The van der Waals surface area contributed by atoms with Crippen LogP contribution in [0.25, 0.3) is 0 Å². The third-order valence-electron chi connectivity index (χ3n) is 3.43. The van der Waals surface area contributed by atoms with Crippen molar-refractivity contribution in [3.63, 3.8) is 0 Å². The first-order valence-electron chi connectivity index (χ1n) is 7.82. The second-order valence-corrected chi connectivity index (χ2v) is 6.86. The molecule has 2 aromatic rings. The highest BCUT2D eigenvalue weighted by atomic mass is 35.5. The fraction of sp³-hybridized carbons (Fsp3) is 0.263. The van der Waals surface area contributed by atoms with Crippen LogP contribution >= 0.6 is 23.4 Å². The minimum Gasteiger partial charge on any atom is -0.355 e. The van der Waals surface area contributed by atoms with Crippen LogP contribution in [0.15, 0.2) is 54.6 Å². The molecule has 126 valence electrons. The number of nitrogens with one attached hydrogen (secondary N) is 1. The van der Waals surface area contributed by atoms with Gasteiger partial charge in [0, 0.05) is 41.5 Å². The van der Waals surface area contributed by atoms with E-state index in [1.165, 1.54) is 5.56 Å². The summed E-state index contributed by atoms with van der Waals surface area (Å²) >= 11 is 7.59.